The molecule has 5 nitrogen and oxygen atoms in total. The summed E-state index contributed by atoms with van der Waals surface area (Å²) in [6, 6.07) is 8.57. The van der Waals surface area contributed by atoms with Gasteiger partial charge in [-0.1, -0.05) is 43.5 Å². The molecule has 0 unspecified atom stereocenters. The molecule has 5 heteroatoms. The van der Waals surface area contributed by atoms with E-state index in [1.807, 2.05) is 24.3 Å². The molecule has 140 valence electrons. The maximum Gasteiger partial charge on any atom is 0.348 e. The van der Waals surface area contributed by atoms with Gasteiger partial charge in [-0.3, -0.25) is 4.90 Å². The largest absolute Gasteiger partial charge is 0.419 e. The third-order valence-corrected chi connectivity index (χ3v) is 5.04. The lowest BCUT2D eigenvalue weighted by molar-refractivity contribution is -0.222. The number of esters is 2. The Morgan fingerprint density at radius 2 is 1.62 bits per heavy atom. The third kappa shape index (κ3) is 4.52. The number of hydrogen-bond acceptors (Lipinski definition) is 5. The van der Waals surface area contributed by atoms with Crippen LogP contribution in [0.3, 0.4) is 0 Å². The minimum absolute atomic E-state index is 0.0728. The average Bonchev–Trinajstić information content (AvgIpc) is 2.59. The van der Waals surface area contributed by atoms with Crippen molar-refractivity contribution in [3.8, 4) is 0 Å². The molecule has 0 amide bonds. The van der Waals surface area contributed by atoms with E-state index in [1.165, 1.54) is 57.6 Å². The predicted molar refractivity (Wildman–Crippen MR) is 99.0 cm³/mol. The number of rotatable bonds is 4. The second-order valence-electron chi connectivity index (χ2n) is 7.69. The minimum Gasteiger partial charge on any atom is -0.419 e. The first-order valence-electron chi connectivity index (χ1n) is 9.32. The fourth-order valence-electron chi connectivity index (χ4n) is 3.60. The zero-order valence-corrected chi connectivity index (χ0v) is 15.8. The summed E-state index contributed by atoms with van der Waals surface area (Å²) in [4.78, 5) is 26.4. The molecule has 2 fully saturated rings. The summed E-state index contributed by atoms with van der Waals surface area (Å²) >= 11 is 0. The maximum absolute atomic E-state index is 12.0. The molecule has 1 saturated carbocycles. The Morgan fingerprint density at radius 3 is 2.19 bits per heavy atom. The van der Waals surface area contributed by atoms with Crippen molar-refractivity contribution in [2.45, 2.75) is 64.3 Å². The van der Waals surface area contributed by atoms with Crippen molar-refractivity contribution < 1.29 is 19.1 Å². The fraction of sp³-hybridized carbons (Fsp3) is 0.524. The molecule has 0 atom stereocenters. The highest BCUT2D eigenvalue weighted by molar-refractivity contribution is 6.18. The zero-order chi connectivity index (χ0) is 18.7. The Kier molecular flexibility index (Phi) is 5.47. The van der Waals surface area contributed by atoms with Gasteiger partial charge in [-0.2, -0.15) is 0 Å². The predicted octanol–water partition coefficient (Wildman–Crippen LogP) is 3.67. The standard InChI is InChI=1S/C21H27NO4/c1-21(2)25-19(23)18(20(24)26-21)13-15-9-11-16(12-10-15)14-22(3)17-7-5-4-6-8-17/h9-13,17H,4-8,14H2,1-3H3. The highest BCUT2D eigenvalue weighted by Crippen LogP contribution is 2.25. The Morgan fingerprint density at radius 1 is 1.04 bits per heavy atom. The molecule has 1 aliphatic heterocycles. The van der Waals surface area contributed by atoms with E-state index >= 15 is 0 Å². The smallest absolute Gasteiger partial charge is 0.348 e. The van der Waals surface area contributed by atoms with Gasteiger partial charge >= 0.3 is 11.9 Å². The van der Waals surface area contributed by atoms with E-state index in [9.17, 15) is 9.59 Å². The van der Waals surface area contributed by atoms with Gasteiger partial charge in [0.2, 0.25) is 0 Å². The zero-order valence-electron chi connectivity index (χ0n) is 15.8. The molecule has 1 saturated heterocycles. The first kappa shape index (κ1) is 18.6. The van der Waals surface area contributed by atoms with Crippen molar-refractivity contribution in [2.24, 2.45) is 0 Å². The van der Waals surface area contributed by atoms with Crippen LogP contribution in [0.15, 0.2) is 29.8 Å². The van der Waals surface area contributed by atoms with Gasteiger partial charge < -0.3 is 9.47 Å². The Bertz CT molecular complexity index is 677. The first-order chi connectivity index (χ1) is 12.3. The highest BCUT2D eigenvalue weighted by Gasteiger charge is 2.38. The van der Waals surface area contributed by atoms with Crippen LogP contribution in [0, 0.1) is 0 Å². The summed E-state index contributed by atoms with van der Waals surface area (Å²) in [6.07, 6.45) is 8.09. The average molecular weight is 357 g/mol. The molecule has 26 heavy (non-hydrogen) atoms. The monoisotopic (exact) mass is 357 g/mol. The molecule has 0 radical (unpaired) electrons. The summed E-state index contributed by atoms with van der Waals surface area (Å²) in [5.41, 5.74) is 1.92. The summed E-state index contributed by atoms with van der Waals surface area (Å²) in [6.45, 7) is 3.98. The number of nitrogens with zero attached hydrogens (tertiary/aromatic N) is 1. The Balaban J connectivity index is 1.66. The fourth-order valence-corrected chi connectivity index (χ4v) is 3.60. The number of cyclic esters (lactones) is 2. The van der Waals surface area contributed by atoms with E-state index < -0.39 is 17.7 Å². The summed E-state index contributed by atoms with van der Waals surface area (Å²) < 4.78 is 10.2. The van der Waals surface area contributed by atoms with Crippen LogP contribution in [0.25, 0.3) is 6.08 Å². The Labute approximate surface area is 155 Å². The molecule has 1 aromatic rings. The van der Waals surface area contributed by atoms with Crippen molar-refractivity contribution in [3.63, 3.8) is 0 Å². The van der Waals surface area contributed by atoms with Gasteiger partial charge in [0.25, 0.3) is 5.79 Å². The number of ether oxygens (including phenoxy) is 2. The minimum atomic E-state index is -1.21. The quantitative estimate of drug-likeness (QED) is 0.467. The summed E-state index contributed by atoms with van der Waals surface area (Å²) in [5.74, 6) is -2.50. The van der Waals surface area contributed by atoms with Crippen molar-refractivity contribution in [3.05, 3.63) is 41.0 Å². The van der Waals surface area contributed by atoms with Gasteiger partial charge in [-0.05, 0) is 37.1 Å². The van der Waals surface area contributed by atoms with E-state index in [1.54, 1.807) is 0 Å². The highest BCUT2D eigenvalue weighted by atomic mass is 16.7. The summed E-state index contributed by atoms with van der Waals surface area (Å²) in [5, 5.41) is 0. The van der Waals surface area contributed by atoms with E-state index in [-0.39, 0.29) is 5.57 Å². The number of hydrogen-bond donors (Lipinski definition) is 0. The lowest BCUT2D eigenvalue weighted by atomic mass is 9.94. The van der Waals surface area contributed by atoms with Gasteiger partial charge in [0.1, 0.15) is 5.57 Å². The summed E-state index contributed by atoms with van der Waals surface area (Å²) in [7, 11) is 2.18. The van der Waals surface area contributed by atoms with Crippen molar-refractivity contribution >= 4 is 18.0 Å². The molecule has 1 aromatic carbocycles. The van der Waals surface area contributed by atoms with Crippen LogP contribution < -0.4 is 0 Å². The molecule has 0 spiro atoms. The van der Waals surface area contributed by atoms with Crippen LogP contribution in [0.5, 0.6) is 0 Å². The molecule has 1 aliphatic carbocycles. The van der Waals surface area contributed by atoms with E-state index in [0.717, 1.165) is 12.1 Å². The van der Waals surface area contributed by atoms with Crippen LogP contribution in [0.1, 0.15) is 57.1 Å². The van der Waals surface area contributed by atoms with Crippen LogP contribution >= 0.6 is 0 Å². The molecule has 1 heterocycles. The van der Waals surface area contributed by atoms with Crippen molar-refractivity contribution in [2.75, 3.05) is 7.05 Å². The van der Waals surface area contributed by atoms with E-state index in [2.05, 4.69) is 11.9 Å². The van der Waals surface area contributed by atoms with E-state index in [4.69, 9.17) is 9.47 Å². The second kappa shape index (κ2) is 7.62. The van der Waals surface area contributed by atoms with Gasteiger partial charge in [0.15, 0.2) is 0 Å². The SMILES string of the molecule is CN(Cc1ccc(C=C2C(=O)OC(C)(C)OC2=O)cc1)C1CCCCC1. The van der Waals surface area contributed by atoms with Crippen molar-refractivity contribution in [1.82, 2.24) is 4.90 Å². The van der Waals surface area contributed by atoms with Gasteiger partial charge in [-0.25, -0.2) is 9.59 Å². The van der Waals surface area contributed by atoms with Gasteiger partial charge in [-0.15, -0.1) is 0 Å². The van der Waals surface area contributed by atoms with E-state index in [0.29, 0.717) is 6.04 Å². The number of benzene rings is 1. The molecule has 0 bridgehead atoms. The molecule has 2 aliphatic rings. The van der Waals surface area contributed by atoms with Crippen LogP contribution in [0.2, 0.25) is 0 Å². The topological polar surface area (TPSA) is 55.8 Å². The van der Waals surface area contributed by atoms with Gasteiger partial charge in [0, 0.05) is 26.4 Å². The molecule has 3 rings (SSSR count). The number of carbonyl (C=O) groups is 2. The molecule has 0 aromatic heterocycles. The first-order valence-corrected chi connectivity index (χ1v) is 9.32. The number of carbonyl (C=O) groups excluding carboxylic acids is 2. The lowest BCUT2D eigenvalue weighted by Gasteiger charge is -2.31. The van der Waals surface area contributed by atoms with Gasteiger partial charge in [0.05, 0.1) is 0 Å². The third-order valence-electron chi connectivity index (χ3n) is 5.04. The van der Waals surface area contributed by atoms with Crippen LogP contribution in [-0.4, -0.2) is 35.7 Å². The molecular formula is C21H27NO4. The molecule has 0 N–H and O–H groups in total. The lowest BCUT2D eigenvalue weighted by Crippen LogP contribution is -2.41. The van der Waals surface area contributed by atoms with Crippen LogP contribution in [-0.2, 0) is 25.6 Å². The maximum atomic E-state index is 12.0. The second-order valence-corrected chi connectivity index (χ2v) is 7.69. The Hall–Kier alpha value is -2.14. The molecular weight excluding hydrogens is 330 g/mol. The van der Waals surface area contributed by atoms with Crippen LogP contribution in [0.4, 0.5) is 0 Å². The van der Waals surface area contributed by atoms with Crippen molar-refractivity contribution in [1.29, 1.82) is 0 Å². The normalized spacial score (nSPS) is 20.7.